The molecule has 112 valence electrons. The summed E-state index contributed by atoms with van der Waals surface area (Å²) >= 11 is 0. The lowest BCUT2D eigenvalue weighted by molar-refractivity contribution is 0.166. The minimum Gasteiger partial charge on any atom is -0.360 e. The van der Waals surface area contributed by atoms with Crippen LogP contribution in [0.3, 0.4) is 0 Å². The average Bonchev–Trinajstić information content (AvgIpc) is 3.02. The molecule has 0 saturated carbocycles. The van der Waals surface area contributed by atoms with Gasteiger partial charge in [0.25, 0.3) is 0 Å². The van der Waals surface area contributed by atoms with Crippen molar-refractivity contribution in [2.75, 3.05) is 26.2 Å². The Hall–Kier alpha value is -1.77. The second-order valence-corrected chi connectivity index (χ2v) is 6.79. The third kappa shape index (κ3) is 3.12. The Bertz CT molecular complexity index is 665. The lowest BCUT2D eigenvalue weighted by atomic mass is 10.3. The van der Waals surface area contributed by atoms with Crippen LogP contribution in [0.2, 0.25) is 0 Å². The van der Waals surface area contributed by atoms with Gasteiger partial charge in [0.15, 0.2) is 5.76 Å². The van der Waals surface area contributed by atoms with Gasteiger partial charge in [0.2, 0.25) is 10.0 Å². The highest BCUT2D eigenvalue weighted by atomic mass is 32.2. The van der Waals surface area contributed by atoms with Crippen LogP contribution in [0.1, 0.15) is 5.76 Å². The molecule has 21 heavy (non-hydrogen) atoms. The van der Waals surface area contributed by atoms with E-state index in [2.05, 4.69) is 15.0 Å². The van der Waals surface area contributed by atoms with E-state index in [4.69, 9.17) is 4.52 Å². The van der Waals surface area contributed by atoms with Crippen LogP contribution in [0.25, 0.3) is 0 Å². The second-order valence-electron chi connectivity index (χ2n) is 4.85. The van der Waals surface area contributed by atoms with Crippen LogP contribution in [0.15, 0.2) is 46.2 Å². The fourth-order valence-electron chi connectivity index (χ4n) is 2.32. The number of rotatable bonds is 4. The van der Waals surface area contributed by atoms with Crippen LogP contribution >= 0.6 is 0 Å². The number of pyridine rings is 1. The topological polar surface area (TPSA) is 79.5 Å². The Balaban J connectivity index is 1.63. The first-order chi connectivity index (χ1) is 10.2. The molecule has 3 heterocycles. The zero-order chi connectivity index (χ0) is 14.7. The molecule has 3 rings (SSSR count). The number of aromatic nitrogens is 2. The quantitative estimate of drug-likeness (QED) is 0.822. The van der Waals surface area contributed by atoms with Crippen molar-refractivity contribution in [1.82, 2.24) is 19.3 Å². The molecule has 1 aliphatic heterocycles. The Morgan fingerprint density at radius 3 is 2.57 bits per heavy atom. The molecule has 0 aromatic carbocycles. The van der Waals surface area contributed by atoms with Crippen molar-refractivity contribution in [2.24, 2.45) is 0 Å². The fourth-order valence-corrected chi connectivity index (χ4v) is 3.71. The van der Waals surface area contributed by atoms with Crippen molar-refractivity contribution >= 4 is 10.0 Å². The number of nitrogens with zero attached hydrogens (tertiary/aromatic N) is 4. The summed E-state index contributed by atoms with van der Waals surface area (Å²) < 4.78 is 31.5. The lowest BCUT2D eigenvalue weighted by Crippen LogP contribution is -2.48. The van der Waals surface area contributed by atoms with E-state index in [1.165, 1.54) is 10.5 Å². The number of piperazine rings is 1. The minimum absolute atomic E-state index is 0.244. The van der Waals surface area contributed by atoms with Gasteiger partial charge in [-0.25, -0.2) is 8.42 Å². The highest BCUT2D eigenvalue weighted by Gasteiger charge is 2.28. The van der Waals surface area contributed by atoms with Crippen molar-refractivity contribution in [2.45, 2.75) is 11.4 Å². The molecule has 0 spiro atoms. The third-order valence-corrected chi connectivity index (χ3v) is 5.36. The summed E-state index contributed by atoms with van der Waals surface area (Å²) in [7, 11) is -3.44. The zero-order valence-electron chi connectivity index (χ0n) is 11.4. The number of hydrogen-bond acceptors (Lipinski definition) is 6. The molecular formula is C13H16N4O3S. The Morgan fingerprint density at radius 2 is 1.95 bits per heavy atom. The van der Waals surface area contributed by atoms with Gasteiger partial charge in [-0.15, -0.1) is 0 Å². The average molecular weight is 308 g/mol. The van der Waals surface area contributed by atoms with Gasteiger partial charge in [0, 0.05) is 44.6 Å². The summed E-state index contributed by atoms with van der Waals surface area (Å²) in [4.78, 5) is 6.27. The van der Waals surface area contributed by atoms with Gasteiger partial charge in [0.05, 0.1) is 12.7 Å². The van der Waals surface area contributed by atoms with Crippen molar-refractivity contribution < 1.29 is 12.9 Å². The van der Waals surface area contributed by atoms with Crippen LogP contribution < -0.4 is 0 Å². The molecule has 1 aliphatic rings. The van der Waals surface area contributed by atoms with Gasteiger partial charge >= 0.3 is 0 Å². The summed E-state index contributed by atoms with van der Waals surface area (Å²) in [6.45, 7) is 2.91. The van der Waals surface area contributed by atoms with E-state index in [0.717, 1.165) is 5.76 Å². The molecule has 1 saturated heterocycles. The molecule has 8 heteroatoms. The monoisotopic (exact) mass is 308 g/mol. The summed E-state index contributed by atoms with van der Waals surface area (Å²) in [6.07, 6.45) is 4.56. The van der Waals surface area contributed by atoms with Gasteiger partial charge in [-0.2, -0.15) is 4.31 Å². The molecule has 0 amide bonds. The molecule has 2 aromatic rings. The van der Waals surface area contributed by atoms with E-state index in [1.807, 2.05) is 6.07 Å². The smallest absolute Gasteiger partial charge is 0.244 e. The van der Waals surface area contributed by atoms with Gasteiger partial charge in [-0.3, -0.25) is 9.88 Å². The van der Waals surface area contributed by atoms with E-state index in [0.29, 0.717) is 32.7 Å². The highest BCUT2D eigenvalue weighted by Crippen LogP contribution is 2.17. The highest BCUT2D eigenvalue weighted by molar-refractivity contribution is 7.89. The second kappa shape index (κ2) is 5.92. The number of hydrogen-bond donors (Lipinski definition) is 0. The maximum Gasteiger partial charge on any atom is 0.244 e. The first-order valence-corrected chi connectivity index (χ1v) is 8.12. The van der Waals surface area contributed by atoms with Gasteiger partial charge < -0.3 is 4.52 Å². The molecule has 0 N–H and O–H groups in total. The van der Waals surface area contributed by atoms with Crippen molar-refractivity contribution in [3.05, 3.63) is 42.5 Å². The summed E-state index contributed by atoms with van der Waals surface area (Å²) in [6, 6.07) is 5.02. The predicted molar refractivity (Wildman–Crippen MR) is 74.8 cm³/mol. The minimum atomic E-state index is -3.44. The molecule has 0 atom stereocenters. The molecule has 1 fully saturated rings. The summed E-state index contributed by atoms with van der Waals surface area (Å²) in [5.74, 6) is 0.790. The van der Waals surface area contributed by atoms with Gasteiger partial charge in [-0.05, 0) is 12.1 Å². The predicted octanol–water partition coefficient (Wildman–Crippen LogP) is 0.576. The van der Waals surface area contributed by atoms with Crippen LogP contribution in [0.4, 0.5) is 0 Å². The summed E-state index contributed by atoms with van der Waals surface area (Å²) in [5.41, 5.74) is 0. The third-order valence-electron chi connectivity index (χ3n) is 3.47. The van der Waals surface area contributed by atoms with E-state index in [1.54, 1.807) is 24.5 Å². The molecule has 0 bridgehead atoms. The van der Waals surface area contributed by atoms with Crippen molar-refractivity contribution in [3.8, 4) is 0 Å². The normalized spacial score (nSPS) is 17.9. The van der Waals surface area contributed by atoms with E-state index >= 15 is 0 Å². The lowest BCUT2D eigenvalue weighted by Gasteiger charge is -2.33. The Morgan fingerprint density at radius 1 is 1.14 bits per heavy atom. The maximum absolute atomic E-state index is 12.4. The largest absolute Gasteiger partial charge is 0.360 e. The molecule has 2 aromatic heterocycles. The molecule has 0 unspecified atom stereocenters. The van der Waals surface area contributed by atoms with Crippen molar-refractivity contribution in [1.29, 1.82) is 0 Å². The SMILES string of the molecule is O=S(=O)(c1cccnc1)N1CCN(Cc2ccno2)CC1. The zero-order valence-corrected chi connectivity index (χ0v) is 12.2. The molecular weight excluding hydrogens is 292 g/mol. The first kappa shape index (κ1) is 14.2. The first-order valence-electron chi connectivity index (χ1n) is 6.68. The van der Waals surface area contributed by atoms with Gasteiger partial charge in [-0.1, -0.05) is 5.16 Å². The Labute approximate surface area is 123 Å². The molecule has 0 radical (unpaired) electrons. The molecule has 0 aliphatic carbocycles. The van der Waals surface area contributed by atoms with Crippen LogP contribution in [0, 0.1) is 0 Å². The summed E-state index contributed by atoms with van der Waals surface area (Å²) in [5, 5.41) is 3.67. The standard InChI is InChI=1S/C13H16N4O3S/c18-21(19,13-2-1-4-14-10-13)17-8-6-16(7-9-17)11-12-3-5-15-20-12/h1-5,10H,6-9,11H2. The van der Waals surface area contributed by atoms with E-state index < -0.39 is 10.0 Å². The fraction of sp³-hybridized carbons (Fsp3) is 0.385. The van der Waals surface area contributed by atoms with E-state index in [-0.39, 0.29) is 4.90 Å². The maximum atomic E-state index is 12.4. The van der Waals surface area contributed by atoms with E-state index in [9.17, 15) is 8.42 Å². The molecule has 7 nitrogen and oxygen atoms in total. The van der Waals surface area contributed by atoms with Crippen LogP contribution in [0.5, 0.6) is 0 Å². The van der Waals surface area contributed by atoms with Crippen LogP contribution in [-0.2, 0) is 16.6 Å². The number of sulfonamides is 1. The van der Waals surface area contributed by atoms with Crippen LogP contribution in [-0.4, -0.2) is 53.9 Å². The van der Waals surface area contributed by atoms with Gasteiger partial charge in [0.1, 0.15) is 4.90 Å². The van der Waals surface area contributed by atoms with Crippen molar-refractivity contribution in [3.63, 3.8) is 0 Å². The Kier molecular flexibility index (Phi) is 4.00.